The molecule has 0 bridgehead atoms. The Morgan fingerprint density at radius 2 is 1.70 bits per heavy atom. The second kappa shape index (κ2) is 6.92. The number of amides is 1. The summed E-state index contributed by atoms with van der Waals surface area (Å²) in [4.78, 5) is 23.4. The lowest BCUT2D eigenvalue weighted by molar-refractivity contribution is -0.114. The van der Waals surface area contributed by atoms with E-state index in [1.54, 1.807) is 6.20 Å². The summed E-state index contributed by atoms with van der Waals surface area (Å²) < 4.78 is 0. The lowest BCUT2D eigenvalue weighted by Gasteiger charge is -2.06. The van der Waals surface area contributed by atoms with Gasteiger partial charge in [-0.05, 0) is 61.5 Å². The normalized spacial score (nSPS) is 10.7. The molecule has 4 rings (SSSR count). The summed E-state index contributed by atoms with van der Waals surface area (Å²) in [5.74, 6) is 0.701. The summed E-state index contributed by atoms with van der Waals surface area (Å²) in [6.45, 7) is 3.46. The molecule has 2 heterocycles. The van der Waals surface area contributed by atoms with Crippen molar-refractivity contribution in [3.63, 3.8) is 0 Å². The predicted octanol–water partition coefficient (Wildman–Crippen LogP) is 4.64. The van der Waals surface area contributed by atoms with E-state index in [9.17, 15) is 4.79 Å². The van der Waals surface area contributed by atoms with Crippen molar-refractivity contribution >= 4 is 34.0 Å². The topological polar surface area (TPSA) is 82.7 Å². The molecule has 0 spiro atoms. The highest BCUT2D eigenvalue weighted by atomic mass is 16.1. The molecule has 0 fully saturated rings. The number of hydrogen-bond donors (Lipinski definition) is 3. The van der Waals surface area contributed by atoms with Gasteiger partial charge in [0.2, 0.25) is 5.91 Å². The number of carbonyl (C=O) groups excluding carboxylic acids is 1. The number of hydrogen-bond acceptors (Lipinski definition) is 4. The monoisotopic (exact) mass is 357 g/mol. The molecular weight excluding hydrogens is 338 g/mol. The molecule has 6 heteroatoms. The highest BCUT2D eigenvalue weighted by Crippen LogP contribution is 2.25. The largest absolute Gasteiger partial charge is 0.355 e. The van der Waals surface area contributed by atoms with Gasteiger partial charge in [0.05, 0.1) is 11.0 Å². The Labute approximate surface area is 156 Å². The van der Waals surface area contributed by atoms with Crippen LogP contribution in [0.15, 0.2) is 60.8 Å². The molecule has 1 amide bonds. The number of benzene rings is 2. The third kappa shape index (κ3) is 3.79. The summed E-state index contributed by atoms with van der Waals surface area (Å²) in [5, 5.41) is 6.14. The van der Waals surface area contributed by atoms with Gasteiger partial charge in [-0.3, -0.25) is 9.78 Å². The van der Waals surface area contributed by atoms with E-state index in [1.165, 1.54) is 6.92 Å². The number of H-pyrrole nitrogens is 1. The first kappa shape index (κ1) is 16.8. The molecule has 0 aliphatic carbocycles. The van der Waals surface area contributed by atoms with Crippen molar-refractivity contribution in [3.8, 4) is 11.4 Å². The third-order valence-electron chi connectivity index (χ3n) is 4.15. The van der Waals surface area contributed by atoms with E-state index in [2.05, 4.69) is 20.6 Å². The fourth-order valence-corrected chi connectivity index (χ4v) is 2.92. The minimum Gasteiger partial charge on any atom is -0.355 e. The second-order valence-electron chi connectivity index (χ2n) is 6.39. The number of nitrogens with one attached hydrogen (secondary N) is 3. The van der Waals surface area contributed by atoms with E-state index in [-0.39, 0.29) is 5.91 Å². The average molecular weight is 357 g/mol. The zero-order valence-corrected chi connectivity index (χ0v) is 15.1. The number of aryl methyl sites for hydroxylation is 1. The molecule has 4 aromatic rings. The smallest absolute Gasteiger partial charge is 0.221 e. The van der Waals surface area contributed by atoms with Gasteiger partial charge in [-0.2, -0.15) is 0 Å². The number of pyridine rings is 1. The molecule has 0 aliphatic heterocycles. The number of carbonyl (C=O) groups is 1. The lowest BCUT2D eigenvalue weighted by atomic mass is 10.2. The van der Waals surface area contributed by atoms with Crippen molar-refractivity contribution < 1.29 is 4.79 Å². The van der Waals surface area contributed by atoms with Gasteiger partial charge >= 0.3 is 0 Å². The number of anilines is 3. The minimum atomic E-state index is -0.0871. The van der Waals surface area contributed by atoms with Gasteiger partial charge in [-0.15, -0.1) is 0 Å². The first-order chi connectivity index (χ1) is 13.1. The van der Waals surface area contributed by atoms with E-state index in [0.717, 1.165) is 45.2 Å². The number of aromatic amines is 1. The molecule has 134 valence electrons. The van der Waals surface area contributed by atoms with Gasteiger partial charge in [0.1, 0.15) is 5.82 Å². The Bertz CT molecular complexity index is 1120. The molecule has 0 radical (unpaired) electrons. The molecule has 0 atom stereocenters. The van der Waals surface area contributed by atoms with Crippen LogP contribution in [0.5, 0.6) is 0 Å². The molecule has 0 unspecified atom stereocenters. The van der Waals surface area contributed by atoms with E-state index in [4.69, 9.17) is 4.98 Å². The summed E-state index contributed by atoms with van der Waals surface area (Å²) in [7, 11) is 0. The van der Waals surface area contributed by atoms with Crippen molar-refractivity contribution in [2.75, 3.05) is 10.6 Å². The van der Waals surface area contributed by atoms with Crippen molar-refractivity contribution in [2.45, 2.75) is 13.8 Å². The quantitative estimate of drug-likeness (QED) is 0.497. The van der Waals surface area contributed by atoms with Crippen molar-refractivity contribution in [1.82, 2.24) is 15.0 Å². The van der Waals surface area contributed by atoms with Gasteiger partial charge in [0, 0.05) is 41.4 Å². The van der Waals surface area contributed by atoms with Crippen LogP contribution in [0.25, 0.3) is 22.4 Å². The maximum atomic E-state index is 11.1. The van der Waals surface area contributed by atoms with E-state index >= 15 is 0 Å². The molecule has 6 nitrogen and oxygen atoms in total. The summed E-state index contributed by atoms with van der Waals surface area (Å²) in [5.41, 5.74) is 6.49. The molecule has 27 heavy (non-hydrogen) atoms. The van der Waals surface area contributed by atoms with E-state index < -0.39 is 0 Å². The maximum Gasteiger partial charge on any atom is 0.221 e. The molecule has 0 saturated heterocycles. The first-order valence-corrected chi connectivity index (χ1v) is 8.64. The van der Waals surface area contributed by atoms with Crippen LogP contribution in [0.3, 0.4) is 0 Å². The van der Waals surface area contributed by atoms with Crippen LogP contribution < -0.4 is 10.6 Å². The van der Waals surface area contributed by atoms with Crippen molar-refractivity contribution in [3.05, 3.63) is 66.5 Å². The van der Waals surface area contributed by atoms with Gasteiger partial charge in [0.15, 0.2) is 0 Å². The average Bonchev–Trinajstić information content (AvgIpc) is 3.05. The Morgan fingerprint density at radius 1 is 0.963 bits per heavy atom. The minimum absolute atomic E-state index is 0.0871. The van der Waals surface area contributed by atoms with E-state index in [1.807, 2.05) is 61.5 Å². The third-order valence-corrected chi connectivity index (χ3v) is 4.15. The summed E-state index contributed by atoms with van der Waals surface area (Å²) >= 11 is 0. The molecule has 2 aromatic carbocycles. The highest BCUT2D eigenvalue weighted by Gasteiger charge is 2.07. The van der Waals surface area contributed by atoms with Crippen LogP contribution in [0.1, 0.15) is 12.6 Å². The summed E-state index contributed by atoms with van der Waals surface area (Å²) in [6.07, 6.45) is 1.79. The number of aromatic nitrogens is 3. The fraction of sp³-hybridized carbons (Fsp3) is 0.0952. The van der Waals surface area contributed by atoms with Crippen LogP contribution in [-0.2, 0) is 4.79 Å². The fourth-order valence-electron chi connectivity index (χ4n) is 2.92. The lowest BCUT2D eigenvalue weighted by Crippen LogP contribution is -2.05. The number of nitrogens with zero attached hydrogens (tertiary/aromatic N) is 2. The Morgan fingerprint density at radius 3 is 2.44 bits per heavy atom. The number of rotatable bonds is 4. The Hall–Kier alpha value is -3.67. The summed E-state index contributed by atoms with van der Waals surface area (Å²) in [6, 6.07) is 17.6. The Balaban J connectivity index is 1.60. The van der Waals surface area contributed by atoms with Crippen LogP contribution in [0.4, 0.5) is 17.1 Å². The van der Waals surface area contributed by atoms with Gasteiger partial charge in [-0.25, -0.2) is 4.98 Å². The van der Waals surface area contributed by atoms with Crippen LogP contribution in [-0.4, -0.2) is 20.9 Å². The molecule has 2 aromatic heterocycles. The van der Waals surface area contributed by atoms with Crippen molar-refractivity contribution in [1.29, 1.82) is 0 Å². The Kier molecular flexibility index (Phi) is 4.30. The maximum absolute atomic E-state index is 11.1. The predicted molar refractivity (Wildman–Crippen MR) is 108 cm³/mol. The zero-order valence-electron chi connectivity index (χ0n) is 15.1. The molecule has 0 aliphatic rings. The molecule has 3 N–H and O–H groups in total. The van der Waals surface area contributed by atoms with Gasteiger partial charge < -0.3 is 15.6 Å². The second-order valence-corrected chi connectivity index (χ2v) is 6.39. The molecule has 0 saturated carbocycles. The molecular formula is C21H19N5O. The standard InChI is InChI=1S/C21H19N5O/c1-13-11-18(9-10-22-13)24-17-7-8-19-20(12-17)26-21(25-19)15-3-5-16(6-4-15)23-14(2)27/h3-12H,1-2H3,(H,22,24)(H,23,27)(H,25,26). The van der Waals surface area contributed by atoms with Gasteiger partial charge in [-0.1, -0.05) is 0 Å². The first-order valence-electron chi connectivity index (χ1n) is 8.64. The number of fused-ring (bicyclic) bond motifs is 1. The highest BCUT2D eigenvalue weighted by molar-refractivity contribution is 5.89. The van der Waals surface area contributed by atoms with Crippen LogP contribution in [0.2, 0.25) is 0 Å². The van der Waals surface area contributed by atoms with Crippen LogP contribution >= 0.6 is 0 Å². The van der Waals surface area contributed by atoms with E-state index in [0.29, 0.717) is 0 Å². The van der Waals surface area contributed by atoms with Gasteiger partial charge in [0.25, 0.3) is 0 Å². The SMILES string of the molecule is CC(=O)Nc1ccc(-c2nc3cc(Nc4ccnc(C)c4)ccc3[nH]2)cc1. The van der Waals surface area contributed by atoms with Crippen LogP contribution in [0, 0.1) is 6.92 Å². The van der Waals surface area contributed by atoms with Crippen molar-refractivity contribution in [2.24, 2.45) is 0 Å². The number of imidazole rings is 1. The zero-order chi connectivity index (χ0) is 18.8.